The number of rotatable bonds is 4. The van der Waals surface area contributed by atoms with E-state index in [-0.39, 0.29) is 12.5 Å². The van der Waals surface area contributed by atoms with E-state index in [4.69, 9.17) is 0 Å². The highest BCUT2D eigenvalue weighted by molar-refractivity contribution is 5.87. The van der Waals surface area contributed by atoms with Gasteiger partial charge in [0.25, 0.3) is 0 Å². The van der Waals surface area contributed by atoms with Crippen LogP contribution in [0.15, 0.2) is 24.3 Å². The molecule has 0 spiro atoms. The Morgan fingerprint density at radius 3 is 2.17 bits per heavy atom. The van der Waals surface area contributed by atoms with Crippen molar-refractivity contribution in [2.45, 2.75) is 26.3 Å². The summed E-state index contributed by atoms with van der Waals surface area (Å²) in [4.78, 5) is 24.3. The molecule has 4 nitrogen and oxygen atoms in total. The van der Waals surface area contributed by atoms with Gasteiger partial charge in [-0.05, 0) is 31.5 Å². The average molecular weight is 253 g/mol. The number of likely N-dealkylation sites (N-methyl/N-ethyl adjacent to an activating group) is 1. The molecule has 0 saturated heterocycles. The number of carboxylic acids is 1. The first-order valence-corrected chi connectivity index (χ1v) is 5.61. The molecule has 0 saturated carbocycles. The van der Waals surface area contributed by atoms with Crippen LogP contribution in [0.1, 0.15) is 26.3 Å². The van der Waals surface area contributed by atoms with Gasteiger partial charge in [0.15, 0.2) is 5.54 Å². The van der Waals surface area contributed by atoms with Crippen LogP contribution in [0, 0.1) is 5.82 Å². The van der Waals surface area contributed by atoms with E-state index < -0.39 is 17.3 Å². The maximum absolute atomic E-state index is 12.9. The van der Waals surface area contributed by atoms with Crippen LogP contribution in [0.25, 0.3) is 0 Å². The standard InChI is InChI=1S/C13H16FNO3/c1-4-15(9(2)16)13(3,12(17)18)10-5-7-11(14)8-6-10/h5-8H,4H2,1-3H3,(H,17,18). The number of nitrogens with zero attached hydrogens (tertiary/aromatic N) is 1. The Kier molecular flexibility index (Phi) is 4.06. The number of carbonyl (C=O) groups is 2. The molecule has 0 radical (unpaired) electrons. The summed E-state index contributed by atoms with van der Waals surface area (Å²) in [6.07, 6.45) is 0. The van der Waals surface area contributed by atoms with Gasteiger partial charge in [-0.2, -0.15) is 0 Å². The second-order valence-electron chi connectivity index (χ2n) is 4.15. The van der Waals surface area contributed by atoms with E-state index in [2.05, 4.69) is 0 Å². The van der Waals surface area contributed by atoms with E-state index in [0.29, 0.717) is 5.56 Å². The van der Waals surface area contributed by atoms with Crippen molar-refractivity contribution in [3.05, 3.63) is 35.6 Å². The quantitative estimate of drug-likeness (QED) is 0.892. The molecule has 0 aliphatic carbocycles. The molecule has 5 heteroatoms. The Morgan fingerprint density at radius 2 is 1.83 bits per heavy atom. The summed E-state index contributed by atoms with van der Waals surface area (Å²) >= 11 is 0. The van der Waals surface area contributed by atoms with Crippen molar-refractivity contribution < 1.29 is 19.1 Å². The monoisotopic (exact) mass is 253 g/mol. The molecule has 1 amide bonds. The van der Waals surface area contributed by atoms with Gasteiger partial charge in [0.1, 0.15) is 5.82 Å². The maximum Gasteiger partial charge on any atom is 0.334 e. The van der Waals surface area contributed by atoms with Crippen LogP contribution in [0.3, 0.4) is 0 Å². The Labute approximate surface area is 105 Å². The zero-order valence-electron chi connectivity index (χ0n) is 10.6. The summed E-state index contributed by atoms with van der Waals surface area (Å²) in [7, 11) is 0. The fourth-order valence-corrected chi connectivity index (χ4v) is 2.02. The molecule has 1 N–H and O–H groups in total. The third-order valence-electron chi connectivity index (χ3n) is 3.06. The second-order valence-corrected chi connectivity index (χ2v) is 4.15. The van der Waals surface area contributed by atoms with Crippen LogP contribution in [0.4, 0.5) is 4.39 Å². The van der Waals surface area contributed by atoms with Crippen molar-refractivity contribution in [1.82, 2.24) is 4.90 Å². The number of benzene rings is 1. The maximum atomic E-state index is 12.9. The summed E-state index contributed by atoms with van der Waals surface area (Å²) in [5, 5.41) is 9.42. The topological polar surface area (TPSA) is 57.6 Å². The van der Waals surface area contributed by atoms with Gasteiger partial charge in [-0.25, -0.2) is 9.18 Å². The molecule has 0 aromatic heterocycles. The molecule has 0 aliphatic heterocycles. The highest BCUT2D eigenvalue weighted by atomic mass is 19.1. The largest absolute Gasteiger partial charge is 0.479 e. The molecule has 1 atom stereocenters. The van der Waals surface area contributed by atoms with Crippen molar-refractivity contribution >= 4 is 11.9 Å². The fraction of sp³-hybridized carbons (Fsp3) is 0.385. The molecule has 1 aromatic rings. The Morgan fingerprint density at radius 1 is 1.33 bits per heavy atom. The SMILES string of the molecule is CCN(C(C)=O)C(C)(C(=O)O)c1ccc(F)cc1. The van der Waals surface area contributed by atoms with Crippen LogP contribution in [-0.4, -0.2) is 28.4 Å². The normalized spacial score (nSPS) is 13.8. The molecule has 98 valence electrons. The van der Waals surface area contributed by atoms with Gasteiger partial charge >= 0.3 is 5.97 Å². The first kappa shape index (κ1) is 14.2. The van der Waals surface area contributed by atoms with E-state index in [9.17, 15) is 19.1 Å². The molecule has 18 heavy (non-hydrogen) atoms. The third kappa shape index (κ3) is 2.34. The van der Waals surface area contributed by atoms with Crippen LogP contribution in [0.2, 0.25) is 0 Å². The fourth-order valence-electron chi connectivity index (χ4n) is 2.02. The summed E-state index contributed by atoms with van der Waals surface area (Å²) in [6, 6.07) is 5.14. The lowest BCUT2D eigenvalue weighted by Gasteiger charge is -2.37. The molecular weight excluding hydrogens is 237 g/mol. The lowest BCUT2D eigenvalue weighted by Crippen LogP contribution is -2.51. The van der Waals surface area contributed by atoms with Gasteiger partial charge in [-0.3, -0.25) is 4.79 Å². The van der Waals surface area contributed by atoms with E-state index >= 15 is 0 Å². The van der Waals surface area contributed by atoms with Crippen molar-refractivity contribution in [2.24, 2.45) is 0 Å². The summed E-state index contributed by atoms with van der Waals surface area (Å²) in [6.45, 7) is 4.71. The lowest BCUT2D eigenvalue weighted by molar-refractivity contribution is -0.158. The van der Waals surface area contributed by atoms with Gasteiger partial charge in [0, 0.05) is 13.5 Å². The minimum Gasteiger partial charge on any atom is -0.479 e. The van der Waals surface area contributed by atoms with Gasteiger partial charge in [0.2, 0.25) is 5.91 Å². The number of halogens is 1. The highest BCUT2D eigenvalue weighted by Crippen LogP contribution is 2.29. The second kappa shape index (κ2) is 5.16. The van der Waals surface area contributed by atoms with Crippen molar-refractivity contribution in [3.8, 4) is 0 Å². The van der Waals surface area contributed by atoms with E-state index in [1.165, 1.54) is 43.0 Å². The Hall–Kier alpha value is -1.91. The van der Waals surface area contributed by atoms with Gasteiger partial charge in [-0.1, -0.05) is 12.1 Å². The molecule has 0 bridgehead atoms. The van der Waals surface area contributed by atoms with Crippen LogP contribution in [0.5, 0.6) is 0 Å². The zero-order valence-corrected chi connectivity index (χ0v) is 10.6. The molecule has 1 rings (SSSR count). The smallest absolute Gasteiger partial charge is 0.334 e. The molecule has 0 fully saturated rings. The minimum absolute atomic E-state index is 0.259. The van der Waals surface area contributed by atoms with Crippen LogP contribution >= 0.6 is 0 Å². The first-order chi connectivity index (χ1) is 8.33. The van der Waals surface area contributed by atoms with E-state index in [1.807, 2.05) is 0 Å². The number of carbonyl (C=O) groups excluding carboxylic acids is 1. The molecule has 1 aromatic carbocycles. The van der Waals surface area contributed by atoms with Crippen molar-refractivity contribution in [2.75, 3.05) is 6.54 Å². The third-order valence-corrected chi connectivity index (χ3v) is 3.06. The summed E-state index contributed by atoms with van der Waals surface area (Å²) in [5.41, 5.74) is -1.12. The number of aliphatic carboxylic acids is 1. The van der Waals surface area contributed by atoms with Crippen LogP contribution in [-0.2, 0) is 15.1 Å². The van der Waals surface area contributed by atoms with Gasteiger partial charge < -0.3 is 10.0 Å². The Bertz CT molecular complexity index is 458. The minimum atomic E-state index is -1.49. The molecule has 0 aliphatic rings. The predicted molar refractivity (Wildman–Crippen MR) is 64.4 cm³/mol. The number of amides is 1. The lowest BCUT2D eigenvalue weighted by atomic mass is 9.90. The first-order valence-electron chi connectivity index (χ1n) is 5.61. The summed E-state index contributed by atoms with van der Waals surface area (Å²) in [5.74, 6) is -1.93. The average Bonchev–Trinajstić information content (AvgIpc) is 2.29. The number of hydrogen-bond acceptors (Lipinski definition) is 2. The van der Waals surface area contributed by atoms with Crippen molar-refractivity contribution in [1.29, 1.82) is 0 Å². The molecule has 1 unspecified atom stereocenters. The van der Waals surface area contributed by atoms with Gasteiger partial charge in [-0.15, -0.1) is 0 Å². The van der Waals surface area contributed by atoms with Gasteiger partial charge in [0.05, 0.1) is 0 Å². The Balaban J connectivity index is 3.35. The predicted octanol–water partition coefficient (Wildman–Crippen LogP) is 1.99. The number of hydrogen-bond donors (Lipinski definition) is 1. The van der Waals surface area contributed by atoms with Crippen molar-refractivity contribution in [3.63, 3.8) is 0 Å². The zero-order chi connectivity index (χ0) is 13.9. The molecular formula is C13H16FNO3. The number of carboxylic acid groups (broad SMARTS) is 1. The van der Waals surface area contributed by atoms with Crippen LogP contribution < -0.4 is 0 Å². The van der Waals surface area contributed by atoms with E-state index in [1.54, 1.807) is 6.92 Å². The molecule has 0 heterocycles. The van der Waals surface area contributed by atoms with E-state index in [0.717, 1.165) is 0 Å². The highest BCUT2D eigenvalue weighted by Gasteiger charge is 2.42. The summed E-state index contributed by atoms with van der Waals surface area (Å²) < 4.78 is 12.9.